The maximum atomic E-state index is 11.7. The van der Waals surface area contributed by atoms with Crippen molar-refractivity contribution in [3.63, 3.8) is 0 Å². The molecule has 2 aromatic carbocycles. The first kappa shape index (κ1) is 18.4. The number of hydrogen-bond acceptors (Lipinski definition) is 5. The molecular weight excluding hydrogens is 358 g/mol. The Kier molecular flexibility index (Phi) is 4.77. The molecule has 4 rings (SSSR count). The number of hydrogen-bond donors (Lipinski definition) is 1. The van der Waals surface area contributed by atoms with Gasteiger partial charge in [-0.3, -0.25) is 10.1 Å². The number of methoxy groups -OCH3 is 1. The molecule has 7 heteroatoms. The molecule has 28 heavy (non-hydrogen) atoms. The van der Waals surface area contributed by atoms with E-state index in [2.05, 4.69) is 9.48 Å². The van der Waals surface area contributed by atoms with E-state index in [0.717, 1.165) is 49.5 Å². The summed E-state index contributed by atoms with van der Waals surface area (Å²) in [6.07, 6.45) is 4.10. The second kappa shape index (κ2) is 7.24. The standard InChI is InChI=1S/C21H24N3O4/c1-28-19-12-10-17(11-13-19)22-15-21(25,23-14-4-2-3-5-20(22)23)16-6-8-18(9-7-16)24(26)27/h6-13,25H,2-5,14-15H2,1H3/q+1/t21-/m0/s1. The zero-order valence-corrected chi connectivity index (χ0v) is 15.9. The minimum absolute atomic E-state index is 0.0254. The molecule has 0 aromatic heterocycles. The van der Waals surface area contributed by atoms with Crippen LogP contribution in [0.5, 0.6) is 5.75 Å². The molecule has 1 N–H and O–H groups in total. The lowest BCUT2D eigenvalue weighted by atomic mass is 10.0. The molecule has 2 heterocycles. The van der Waals surface area contributed by atoms with Crippen LogP contribution in [0.15, 0.2) is 48.5 Å². The predicted octanol–water partition coefficient (Wildman–Crippen LogP) is 3.25. The zero-order valence-electron chi connectivity index (χ0n) is 15.9. The van der Waals surface area contributed by atoms with Gasteiger partial charge in [0.25, 0.3) is 17.2 Å². The van der Waals surface area contributed by atoms with Crippen molar-refractivity contribution in [1.82, 2.24) is 0 Å². The van der Waals surface area contributed by atoms with Gasteiger partial charge >= 0.3 is 0 Å². The van der Waals surface area contributed by atoms with Crippen molar-refractivity contribution < 1.29 is 19.3 Å². The van der Waals surface area contributed by atoms with E-state index in [1.165, 1.54) is 12.1 Å². The molecule has 0 fully saturated rings. The molecule has 0 spiro atoms. The highest BCUT2D eigenvalue weighted by molar-refractivity contribution is 5.96. The van der Waals surface area contributed by atoms with Gasteiger partial charge in [0.2, 0.25) is 0 Å². The highest BCUT2D eigenvalue weighted by Gasteiger charge is 2.52. The number of aliphatic hydroxyl groups is 1. The van der Waals surface area contributed by atoms with Gasteiger partial charge in [-0.05, 0) is 55.7 Å². The van der Waals surface area contributed by atoms with E-state index in [9.17, 15) is 15.2 Å². The van der Waals surface area contributed by atoms with Crippen molar-refractivity contribution in [1.29, 1.82) is 0 Å². The van der Waals surface area contributed by atoms with Gasteiger partial charge < -0.3 is 9.84 Å². The maximum Gasteiger partial charge on any atom is 0.271 e. The first-order valence-electron chi connectivity index (χ1n) is 9.55. The Bertz CT molecular complexity index is 908. The van der Waals surface area contributed by atoms with E-state index in [1.54, 1.807) is 19.2 Å². The molecule has 2 aliphatic heterocycles. The average molecular weight is 382 g/mol. The minimum atomic E-state index is -1.21. The summed E-state index contributed by atoms with van der Waals surface area (Å²) in [7, 11) is 1.64. The second-order valence-corrected chi connectivity index (χ2v) is 7.28. The molecule has 1 atom stereocenters. The summed E-state index contributed by atoms with van der Waals surface area (Å²) in [6, 6.07) is 14.1. The smallest absolute Gasteiger partial charge is 0.271 e. The monoisotopic (exact) mass is 382 g/mol. The summed E-state index contributed by atoms with van der Waals surface area (Å²) in [4.78, 5) is 12.7. The van der Waals surface area contributed by atoms with Gasteiger partial charge in [0.05, 0.1) is 18.6 Å². The first-order valence-corrected chi connectivity index (χ1v) is 9.55. The quantitative estimate of drug-likeness (QED) is 0.499. The Morgan fingerprint density at radius 1 is 1.11 bits per heavy atom. The van der Waals surface area contributed by atoms with Crippen LogP contribution in [0, 0.1) is 10.1 Å². The Labute approximate surface area is 163 Å². The van der Waals surface area contributed by atoms with Crippen LogP contribution in [0.1, 0.15) is 31.2 Å². The van der Waals surface area contributed by atoms with Crippen molar-refractivity contribution in [2.45, 2.75) is 31.4 Å². The molecule has 2 aliphatic rings. The number of amidine groups is 1. The number of anilines is 1. The summed E-state index contributed by atoms with van der Waals surface area (Å²) in [5.41, 5.74) is 0.487. The van der Waals surface area contributed by atoms with E-state index >= 15 is 0 Å². The molecule has 0 saturated heterocycles. The number of non-ortho nitro benzene ring substituents is 1. The lowest BCUT2D eigenvalue weighted by Gasteiger charge is -2.23. The fourth-order valence-corrected chi connectivity index (χ4v) is 4.17. The van der Waals surface area contributed by atoms with Gasteiger partial charge in [0, 0.05) is 24.1 Å². The largest absolute Gasteiger partial charge is 0.497 e. The van der Waals surface area contributed by atoms with Crippen molar-refractivity contribution in [2.24, 2.45) is 0 Å². The molecule has 0 unspecified atom stereocenters. The SMILES string of the molecule is COc1ccc(N2C[C@](O)(c3ccc([N+](=O)[O-])cc3)[N+]3=C2CCCCC3)cc1. The third-order valence-electron chi connectivity index (χ3n) is 5.65. The number of ether oxygens (including phenoxy) is 1. The van der Waals surface area contributed by atoms with Crippen LogP contribution in [0.2, 0.25) is 0 Å². The first-order chi connectivity index (χ1) is 13.5. The summed E-state index contributed by atoms with van der Waals surface area (Å²) in [6.45, 7) is 1.14. The fourth-order valence-electron chi connectivity index (χ4n) is 4.17. The third-order valence-corrected chi connectivity index (χ3v) is 5.65. The Morgan fingerprint density at radius 3 is 2.46 bits per heavy atom. The summed E-state index contributed by atoms with van der Waals surface area (Å²) in [5.74, 6) is 1.89. The molecule has 0 aliphatic carbocycles. The molecule has 7 nitrogen and oxygen atoms in total. The fraction of sp³-hybridized carbons (Fsp3) is 0.381. The van der Waals surface area contributed by atoms with E-state index < -0.39 is 10.6 Å². The van der Waals surface area contributed by atoms with Crippen LogP contribution < -0.4 is 9.64 Å². The molecule has 0 saturated carbocycles. The Balaban J connectivity index is 1.75. The van der Waals surface area contributed by atoms with Gasteiger partial charge in [-0.2, -0.15) is 0 Å². The molecule has 0 amide bonds. The molecular formula is C21H24N3O4+. The zero-order chi connectivity index (χ0) is 19.7. The molecule has 2 aromatic rings. The molecule has 0 bridgehead atoms. The number of β-amino-alcohol motifs (C(OH)–C–C–N with tert-alkyl or cyclic N) is 1. The summed E-state index contributed by atoms with van der Waals surface area (Å²) < 4.78 is 7.33. The number of nitro benzene ring substituents is 1. The summed E-state index contributed by atoms with van der Waals surface area (Å²) >= 11 is 0. The lowest BCUT2D eigenvalue weighted by molar-refractivity contribution is -0.658. The van der Waals surface area contributed by atoms with Crippen LogP contribution in [-0.2, 0) is 5.72 Å². The van der Waals surface area contributed by atoms with Gasteiger partial charge in [0.15, 0.2) is 6.54 Å². The van der Waals surface area contributed by atoms with Crippen LogP contribution in [0.3, 0.4) is 0 Å². The van der Waals surface area contributed by atoms with Crippen molar-refractivity contribution in [2.75, 3.05) is 25.1 Å². The number of nitro groups is 1. The van der Waals surface area contributed by atoms with Crippen LogP contribution in [0.25, 0.3) is 0 Å². The number of rotatable bonds is 4. The lowest BCUT2D eigenvalue weighted by Crippen LogP contribution is -2.41. The van der Waals surface area contributed by atoms with Crippen molar-refractivity contribution >= 4 is 17.2 Å². The van der Waals surface area contributed by atoms with Gasteiger partial charge in [-0.25, -0.2) is 9.48 Å². The van der Waals surface area contributed by atoms with Crippen molar-refractivity contribution in [3.05, 3.63) is 64.2 Å². The van der Waals surface area contributed by atoms with Gasteiger partial charge in [-0.15, -0.1) is 0 Å². The van der Waals surface area contributed by atoms with E-state index in [1.807, 2.05) is 24.3 Å². The van der Waals surface area contributed by atoms with Gasteiger partial charge in [0.1, 0.15) is 11.4 Å². The maximum absolute atomic E-state index is 11.7. The van der Waals surface area contributed by atoms with Crippen LogP contribution in [-0.4, -0.2) is 40.6 Å². The number of benzene rings is 2. The predicted molar refractivity (Wildman–Crippen MR) is 106 cm³/mol. The minimum Gasteiger partial charge on any atom is -0.497 e. The molecule has 146 valence electrons. The highest BCUT2D eigenvalue weighted by Crippen LogP contribution is 2.36. The average Bonchev–Trinajstić information content (AvgIpc) is 2.87. The van der Waals surface area contributed by atoms with Gasteiger partial charge in [-0.1, -0.05) is 0 Å². The van der Waals surface area contributed by atoms with Crippen LogP contribution >= 0.6 is 0 Å². The topological polar surface area (TPSA) is 78.9 Å². The highest BCUT2D eigenvalue weighted by atomic mass is 16.6. The Hall–Kier alpha value is -2.93. The summed E-state index contributed by atoms with van der Waals surface area (Å²) in [5, 5.41) is 22.7. The van der Waals surface area contributed by atoms with E-state index in [0.29, 0.717) is 12.1 Å². The molecule has 0 radical (unpaired) electrons. The van der Waals surface area contributed by atoms with E-state index in [-0.39, 0.29) is 5.69 Å². The van der Waals surface area contributed by atoms with E-state index in [4.69, 9.17) is 4.74 Å². The Morgan fingerprint density at radius 2 is 1.82 bits per heavy atom. The normalized spacial score (nSPS) is 22.0. The number of nitrogens with zero attached hydrogens (tertiary/aromatic N) is 3. The second-order valence-electron chi connectivity index (χ2n) is 7.28. The van der Waals surface area contributed by atoms with Crippen molar-refractivity contribution in [3.8, 4) is 5.75 Å². The van der Waals surface area contributed by atoms with Crippen LogP contribution in [0.4, 0.5) is 11.4 Å². The third kappa shape index (κ3) is 3.11.